The highest BCUT2D eigenvalue weighted by Crippen LogP contribution is 2.47. The molecule has 4 saturated carbocycles. The van der Waals surface area contributed by atoms with Crippen molar-refractivity contribution in [3.63, 3.8) is 0 Å². The van der Waals surface area contributed by atoms with Gasteiger partial charge in [-0.1, -0.05) is 70.1 Å². The predicted octanol–water partition coefficient (Wildman–Crippen LogP) is 16.4. The van der Waals surface area contributed by atoms with Crippen LogP contribution in [0.15, 0.2) is 193 Å². The molecule has 45 heteroatoms. The van der Waals surface area contributed by atoms with Crippen LogP contribution in [0.1, 0.15) is 128 Å². The van der Waals surface area contributed by atoms with E-state index >= 15 is 0 Å². The van der Waals surface area contributed by atoms with Crippen molar-refractivity contribution in [3.05, 3.63) is 216 Å². The van der Waals surface area contributed by atoms with Crippen molar-refractivity contribution in [2.75, 3.05) is 42.1 Å². The maximum atomic E-state index is 14.5. The van der Waals surface area contributed by atoms with E-state index in [1.54, 1.807) is 102 Å². The standard InChI is InChI=1S/2C31H30F3N7O4S.C28H23F3N6O4S.C4H6O/c2*1-17-27(18(2)45-39-17)25-12-11-21-22(16-41(29(21)36-25)46(43,44)20-7-4-3-5-8-20)28-23(31(32,33)34)13-35-30(38-28)37-24-9-6-10-26(24)40-14-19(42)15-40;1-15-24(16(2)41-36-15)22-12-11-18-19(14-37(26(18)33-22)42(39,40)17-7-4-3-5-8-17)25-20(28(29,30)31)13-32-27(35-25)34-21-9-6-10-23(21)38;5-4-2-1-3-4/h2*3-5,7-8,11-13,16,19,24,26,42H,6,9-10,14-15H2,1-2H3,(H,35,37,38);3-5,7-8,11-14,21H,6,9-10H2,1-2H3,(H,32,34,35);1-3H2/t24-,26+;24-,26-;21-;/m000./s1. The fourth-order valence-corrected chi connectivity index (χ4v) is 22.4. The molecule has 2 saturated heterocycles. The Morgan fingerprint density at radius 1 is 0.381 bits per heavy atom. The number of alkyl halides is 9. The van der Waals surface area contributed by atoms with E-state index in [-0.39, 0.29) is 124 Å². The van der Waals surface area contributed by atoms with Gasteiger partial charge in [-0.3, -0.25) is 19.4 Å². The molecule has 5 N–H and O–H groups in total. The highest BCUT2D eigenvalue weighted by molar-refractivity contribution is 7.90. The fourth-order valence-electron chi connectivity index (χ4n) is 18.4. The third-order valence-electron chi connectivity index (χ3n) is 25.5. The lowest BCUT2D eigenvalue weighted by molar-refractivity contribution is -0.138. The molecule has 2 aliphatic heterocycles. The van der Waals surface area contributed by atoms with Crippen LogP contribution in [0.25, 0.3) is 101 Å². The number of aliphatic hydroxyl groups is 2. The molecule has 0 radical (unpaired) electrons. The minimum atomic E-state index is -4.87. The number of likely N-dealkylation sites (tertiary alicyclic amines) is 2. The molecule has 3 aromatic carbocycles. The maximum absolute atomic E-state index is 14.5. The first kappa shape index (κ1) is 95.7. The third kappa shape index (κ3) is 19.0. The zero-order valence-electron chi connectivity index (χ0n) is 75.1. The van der Waals surface area contributed by atoms with Crippen molar-refractivity contribution in [1.29, 1.82) is 0 Å². The number of carbonyl (C=O) groups is 2. The van der Waals surface area contributed by atoms with Crippen molar-refractivity contribution in [2.45, 2.75) is 194 Å². The van der Waals surface area contributed by atoms with Gasteiger partial charge in [0.15, 0.2) is 22.7 Å². The number of pyridine rings is 3. The fraction of sp³-hybridized carbons (Fsp3) is 0.340. The van der Waals surface area contributed by atoms with Crippen molar-refractivity contribution < 1.29 is 98.1 Å². The minimum Gasteiger partial charge on any atom is -0.390 e. The summed E-state index contributed by atoms with van der Waals surface area (Å²) < 4.78 is 232. The van der Waals surface area contributed by atoms with Crippen LogP contribution in [0.2, 0.25) is 0 Å². The van der Waals surface area contributed by atoms with Gasteiger partial charge in [0.2, 0.25) is 17.8 Å². The number of benzene rings is 3. The Morgan fingerprint density at radius 3 is 0.950 bits per heavy atom. The van der Waals surface area contributed by atoms with Gasteiger partial charge in [-0.25, -0.2) is 82.0 Å². The average molecular weight is 1970 g/mol. The van der Waals surface area contributed by atoms with E-state index in [2.05, 4.69) is 86.1 Å². The number of β-amino-alcohol motifs (C(OH)–C–C–N with tert-alkyl or cyclic N) is 2. The average Bonchev–Trinajstić information content (AvgIpc) is 1.59. The summed E-state index contributed by atoms with van der Waals surface area (Å²) in [6.45, 7) is 12.4. The molecule has 0 spiro atoms. The van der Waals surface area contributed by atoms with Gasteiger partial charge in [0, 0.05) is 140 Å². The summed E-state index contributed by atoms with van der Waals surface area (Å²) in [7, 11) is -12.9. The number of aromatic nitrogens is 15. The predicted molar refractivity (Wildman–Crippen MR) is 490 cm³/mol. The van der Waals surface area contributed by atoms with Crippen LogP contribution in [0.5, 0.6) is 0 Å². The van der Waals surface area contributed by atoms with Crippen LogP contribution in [0.4, 0.5) is 57.4 Å². The number of aliphatic hydroxyl groups excluding tert-OH is 2. The molecule has 5 atom stereocenters. The number of fused-ring (bicyclic) bond motifs is 3. The normalized spacial score (nSPS) is 18.5. The zero-order chi connectivity index (χ0) is 98.3. The maximum Gasteiger partial charge on any atom is 0.419 e. The van der Waals surface area contributed by atoms with E-state index in [0.717, 1.165) is 101 Å². The molecule has 0 bridgehead atoms. The molecular weight excluding hydrogens is 1880 g/mol. The van der Waals surface area contributed by atoms with Gasteiger partial charge >= 0.3 is 18.5 Å². The van der Waals surface area contributed by atoms with E-state index in [4.69, 9.17) is 13.6 Å². The van der Waals surface area contributed by atoms with Crippen molar-refractivity contribution in [3.8, 4) is 67.5 Å². The summed E-state index contributed by atoms with van der Waals surface area (Å²) >= 11 is 0. The van der Waals surface area contributed by atoms with Crippen molar-refractivity contribution in [2.24, 2.45) is 0 Å². The molecule has 6 aliphatic rings. The lowest BCUT2D eigenvalue weighted by atomic mass is 9.99. The first-order valence-corrected chi connectivity index (χ1v) is 48.8. The first-order chi connectivity index (χ1) is 66.2. The van der Waals surface area contributed by atoms with Gasteiger partial charge in [-0.2, -0.15) is 39.5 Å². The monoisotopic (exact) mass is 1970 g/mol. The van der Waals surface area contributed by atoms with Crippen LogP contribution in [-0.4, -0.2) is 198 Å². The summed E-state index contributed by atoms with van der Waals surface area (Å²) in [5.41, 5.74) is -1.20. The highest BCUT2D eigenvalue weighted by atomic mass is 32.2. The lowest BCUT2D eigenvalue weighted by Crippen LogP contribution is -2.58. The number of Topliss-reactive ketones (excluding diaryl/α,β-unsaturated/α-hetero) is 2. The number of anilines is 3. The Bertz CT molecular complexity index is 7240. The van der Waals surface area contributed by atoms with Crippen LogP contribution in [-0.2, 0) is 58.2 Å². The topological polar surface area (TPSA) is 428 Å². The van der Waals surface area contributed by atoms with Gasteiger partial charge in [0.25, 0.3) is 30.1 Å². The molecule has 6 fully saturated rings. The van der Waals surface area contributed by atoms with Gasteiger partial charge in [0.05, 0.1) is 101 Å². The summed E-state index contributed by atoms with van der Waals surface area (Å²) in [6, 6.07) is 31.3. The van der Waals surface area contributed by atoms with E-state index in [1.807, 2.05) is 0 Å². The number of ketones is 2. The van der Waals surface area contributed by atoms with Crippen molar-refractivity contribution >= 4 is 92.6 Å². The zero-order valence-corrected chi connectivity index (χ0v) is 77.5. The molecule has 14 heterocycles. The lowest BCUT2D eigenvalue weighted by Gasteiger charge is -2.42. The Hall–Kier alpha value is -13.6. The van der Waals surface area contributed by atoms with Crippen LogP contribution < -0.4 is 16.0 Å². The second-order valence-electron chi connectivity index (χ2n) is 34.8. The number of hydrogen-bond donors (Lipinski definition) is 5. The largest absolute Gasteiger partial charge is 0.419 e. The van der Waals surface area contributed by atoms with Gasteiger partial charge < -0.3 is 39.7 Å². The van der Waals surface area contributed by atoms with E-state index in [9.17, 15) is 84.6 Å². The third-order valence-corrected chi connectivity index (χ3v) is 30.5. The quantitative estimate of drug-likeness (QED) is 0.0442. The molecule has 15 aromatic rings. The SMILES string of the molecule is Cc1noc(C)c1-c1ccc2c(-c3nc(N[C@H]4CCCC4=O)ncc3C(F)(F)F)cn(S(=O)(=O)c3ccccc3)c2n1.Cc1noc(C)c1-c1ccc2c(-c3nc(N[C@H]4CCC[C@@H]4N4CC(O)C4)ncc3C(F)(F)F)cn(S(=O)(=O)c3ccccc3)c2n1.Cc1noc(C)c1-c1ccc2c(-c3nc(N[C@H]4CCC[C@H]4N4CC(O)C4)ncc3C(F)(F)F)cn(S(=O)(=O)c3ccccc3)c2n1.O=C1CCC1. The summed E-state index contributed by atoms with van der Waals surface area (Å²) in [5.74, 6) is 1.52. The molecule has 21 rings (SSSR count). The molecule has 724 valence electrons. The molecule has 0 unspecified atom stereocenters. The van der Waals surface area contributed by atoms with Crippen LogP contribution in [0, 0.1) is 41.5 Å². The minimum absolute atomic E-state index is 0.00640. The Morgan fingerprint density at radius 2 is 0.691 bits per heavy atom. The number of nitrogens with one attached hydrogen (secondary N) is 3. The molecule has 4 aliphatic carbocycles. The highest BCUT2D eigenvalue weighted by Gasteiger charge is 2.45. The smallest absolute Gasteiger partial charge is 0.390 e. The van der Waals surface area contributed by atoms with E-state index in [1.165, 1.54) is 66.7 Å². The molecule has 12 aromatic heterocycles. The Kier molecular flexibility index (Phi) is 25.9. The molecule has 33 nitrogen and oxygen atoms in total. The van der Waals surface area contributed by atoms with Gasteiger partial charge in [0.1, 0.15) is 39.8 Å². The van der Waals surface area contributed by atoms with Crippen LogP contribution >= 0.6 is 0 Å². The number of hydrogen-bond acceptors (Lipinski definition) is 30. The summed E-state index contributed by atoms with van der Waals surface area (Å²) in [5, 5.41) is 41.1. The Balaban J connectivity index is 0.000000135. The van der Waals surface area contributed by atoms with Gasteiger partial charge in [-0.15, -0.1) is 0 Å². The second-order valence-corrected chi connectivity index (χ2v) is 40.2. The number of halogens is 9. The summed E-state index contributed by atoms with van der Waals surface area (Å²) in [6.07, 6.45) is -0.439. The molecular formula is C94H89F9N20O13S3. The van der Waals surface area contributed by atoms with Crippen molar-refractivity contribution in [1.82, 2.24) is 82.0 Å². The van der Waals surface area contributed by atoms with E-state index < -0.39 is 88.4 Å². The number of nitrogens with zero attached hydrogens (tertiary/aromatic N) is 17. The molecule has 0 amide bonds. The van der Waals surface area contributed by atoms with Gasteiger partial charge in [-0.05, 0) is 172 Å². The van der Waals surface area contributed by atoms with Crippen LogP contribution in [0.3, 0.4) is 0 Å². The number of rotatable bonds is 20. The Labute approximate surface area is 787 Å². The first-order valence-electron chi connectivity index (χ1n) is 44.5. The summed E-state index contributed by atoms with van der Waals surface area (Å²) in [4.78, 5) is 64.8. The number of aryl methyl sites for hydroxylation is 6. The van der Waals surface area contributed by atoms with E-state index in [0.29, 0.717) is 126 Å². The number of carbonyl (C=O) groups excluding carboxylic acids is 2. The second kappa shape index (κ2) is 37.6. The molecule has 139 heavy (non-hydrogen) atoms.